The van der Waals surface area contributed by atoms with Crippen molar-refractivity contribution in [3.05, 3.63) is 83.7 Å². The summed E-state index contributed by atoms with van der Waals surface area (Å²) in [5, 5.41) is 4.50. The van der Waals surface area contributed by atoms with Crippen LogP contribution >= 0.6 is 11.6 Å². The molecule has 1 aromatic rings. The molecule has 0 bridgehead atoms. The number of halogens is 1. The Morgan fingerprint density at radius 3 is 2.91 bits per heavy atom. The van der Waals surface area contributed by atoms with Gasteiger partial charge in [-0.25, -0.2) is 0 Å². The molecule has 1 aromatic carbocycles. The number of amides is 1. The number of likely N-dealkylation sites (tertiary alicyclic amines) is 1. The molecule has 33 heavy (non-hydrogen) atoms. The van der Waals surface area contributed by atoms with Gasteiger partial charge in [-0.1, -0.05) is 43.3 Å². The van der Waals surface area contributed by atoms with Crippen molar-refractivity contribution in [2.75, 3.05) is 29.9 Å². The second-order valence-corrected chi connectivity index (χ2v) is 9.14. The predicted molar refractivity (Wildman–Crippen MR) is 139 cm³/mol. The van der Waals surface area contributed by atoms with E-state index in [1.165, 1.54) is 0 Å². The van der Waals surface area contributed by atoms with E-state index in [2.05, 4.69) is 47.1 Å². The van der Waals surface area contributed by atoms with Crippen molar-refractivity contribution in [1.82, 2.24) is 4.90 Å². The maximum Gasteiger partial charge on any atom is 0.253 e. The number of rotatable bonds is 3. The molecule has 4 rings (SSSR count). The van der Waals surface area contributed by atoms with E-state index < -0.39 is 0 Å². The average Bonchev–Trinajstić information content (AvgIpc) is 2.81. The second-order valence-electron chi connectivity index (χ2n) is 8.71. The number of benzene rings is 1. The number of fused-ring (bicyclic) bond motifs is 1. The van der Waals surface area contributed by atoms with Crippen molar-refractivity contribution in [2.24, 2.45) is 4.99 Å². The van der Waals surface area contributed by atoms with Crippen molar-refractivity contribution in [3.8, 4) is 0 Å². The van der Waals surface area contributed by atoms with Gasteiger partial charge in [0, 0.05) is 42.6 Å². The molecular formula is C27H31ClN4O. The average molecular weight is 463 g/mol. The molecule has 0 aromatic heterocycles. The van der Waals surface area contributed by atoms with Gasteiger partial charge < -0.3 is 15.1 Å². The van der Waals surface area contributed by atoms with Crippen LogP contribution in [0.25, 0.3) is 0 Å². The molecule has 0 atom stereocenters. The van der Waals surface area contributed by atoms with Crippen LogP contribution in [0.15, 0.2) is 83.7 Å². The Balaban J connectivity index is 1.49. The fraction of sp³-hybridized carbons (Fsp3) is 0.333. The highest BCUT2D eigenvalue weighted by Gasteiger charge is 2.40. The third-order valence-electron chi connectivity index (χ3n) is 6.31. The lowest BCUT2D eigenvalue weighted by atomic mass is 9.84. The summed E-state index contributed by atoms with van der Waals surface area (Å²) >= 11 is 6.30. The highest BCUT2D eigenvalue weighted by Crippen LogP contribution is 2.40. The van der Waals surface area contributed by atoms with Gasteiger partial charge in [0.2, 0.25) is 0 Å². The fourth-order valence-electron chi connectivity index (χ4n) is 4.49. The van der Waals surface area contributed by atoms with Crippen LogP contribution in [0.2, 0.25) is 5.02 Å². The zero-order valence-electron chi connectivity index (χ0n) is 19.1. The third kappa shape index (κ3) is 5.48. The van der Waals surface area contributed by atoms with Crippen LogP contribution < -0.4 is 10.2 Å². The molecule has 1 spiro atoms. The number of carbonyl (C=O) groups excluding carboxylic acids is 1. The monoisotopic (exact) mass is 462 g/mol. The van der Waals surface area contributed by atoms with E-state index >= 15 is 0 Å². The Hall–Kier alpha value is -3.05. The van der Waals surface area contributed by atoms with Gasteiger partial charge in [-0.3, -0.25) is 9.79 Å². The summed E-state index contributed by atoms with van der Waals surface area (Å²) in [4.78, 5) is 21.8. The number of piperidine rings is 1. The number of allylic oxidation sites excluding steroid dienone is 5. The van der Waals surface area contributed by atoms with Gasteiger partial charge >= 0.3 is 0 Å². The molecule has 1 N–H and O–H groups in total. The molecule has 172 valence electrons. The minimum Gasteiger partial charge on any atom is -0.376 e. The van der Waals surface area contributed by atoms with Crippen molar-refractivity contribution in [2.45, 2.75) is 38.1 Å². The molecule has 1 fully saturated rings. The van der Waals surface area contributed by atoms with Crippen LogP contribution in [-0.4, -0.2) is 42.2 Å². The summed E-state index contributed by atoms with van der Waals surface area (Å²) in [5.41, 5.74) is 3.41. The lowest BCUT2D eigenvalue weighted by Crippen LogP contribution is -2.57. The number of hydrogen-bond acceptors (Lipinski definition) is 4. The standard InChI is InChI=1S/C27H31ClN4O/c1-3-4-16-32-20-27(30-24-19-23(28)11-12-25(24)32)13-17-31(18-14-27)26(33)22-8-6-5-7-15-29-21(2)9-10-22/h4-5,7-12,15-16,19,30H,2-3,6,13-14,17-18,20H2,1H3. The molecule has 1 saturated heterocycles. The van der Waals surface area contributed by atoms with E-state index in [4.69, 9.17) is 11.6 Å². The van der Waals surface area contributed by atoms with Crippen LogP contribution in [0.4, 0.5) is 11.4 Å². The van der Waals surface area contributed by atoms with Crippen molar-refractivity contribution in [3.63, 3.8) is 0 Å². The molecule has 3 aliphatic heterocycles. The van der Waals surface area contributed by atoms with Crippen LogP contribution in [-0.2, 0) is 4.79 Å². The highest BCUT2D eigenvalue weighted by molar-refractivity contribution is 6.31. The van der Waals surface area contributed by atoms with Crippen molar-refractivity contribution < 1.29 is 4.79 Å². The molecule has 3 aliphatic rings. The van der Waals surface area contributed by atoms with E-state index in [0.717, 1.165) is 42.2 Å². The number of carbonyl (C=O) groups is 1. The lowest BCUT2D eigenvalue weighted by Gasteiger charge is -2.49. The maximum atomic E-state index is 13.3. The van der Waals surface area contributed by atoms with E-state index in [0.29, 0.717) is 30.8 Å². The Bertz CT molecular complexity index is 1060. The lowest BCUT2D eigenvalue weighted by molar-refractivity contribution is -0.128. The van der Waals surface area contributed by atoms with Crippen molar-refractivity contribution in [1.29, 1.82) is 0 Å². The van der Waals surface area contributed by atoms with Gasteiger partial charge in [-0.15, -0.1) is 0 Å². The van der Waals surface area contributed by atoms with E-state index in [9.17, 15) is 4.79 Å². The zero-order valence-corrected chi connectivity index (χ0v) is 19.9. The number of hydrogen-bond donors (Lipinski definition) is 1. The van der Waals surface area contributed by atoms with Gasteiger partial charge in [0.25, 0.3) is 5.91 Å². The summed E-state index contributed by atoms with van der Waals surface area (Å²) in [5.74, 6) is 0.0637. The minimum absolute atomic E-state index is 0.0637. The quantitative estimate of drug-likeness (QED) is 0.609. The van der Waals surface area contributed by atoms with Gasteiger partial charge in [-0.05, 0) is 62.1 Å². The summed E-state index contributed by atoms with van der Waals surface area (Å²) in [6, 6.07) is 6.01. The van der Waals surface area contributed by atoms with Gasteiger partial charge in [0.1, 0.15) is 0 Å². The van der Waals surface area contributed by atoms with Crippen LogP contribution in [0.5, 0.6) is 0 Å². The van der Waals surface area contributed by atoms with Gasteiger partial charge in [-0.2, -0.15) is 0 Å². The molecule has 0 radical (unpaired) electrons. The summed E-state index contributed by atoms with van der Waals surface area (Å²) in [6.45, 7) is 8.32. The molecule has 3 heterocycles. The van der Waals surface area contributed by atoms with E-state index in [-0.39, 0.29) is 11.4 Å². The third-order valence-corrected chi connectivity index (χ3v) is 6.54. The van der Waals surface area contributed by atoms with E-state index in [1.54, 1.807) is 12.3 Å². The van der Waals surface area contributed by atoms with Crippen LogP contribution in [0.1, 0.15) is 32.6 Å². The molecule has 0 unspecified atom stereocenters. The smallest absolute Gasteiger partial charge is 0.253 e. The first-order valence-electron chi connectivity index (χ1n) is 11.6. The first-order valence-corrected chi connectivity index (χ1v) is 11.9. The van der Waals surface area contributed by atoms with Gasteiger partial charge in [0.05, 0.1) is 22.6 Å². The largest absolute Gasteiger partial charge is 0.376 e. The predicted octanol–water partition coefficient (Wildman–Crippen LogP) is 5.88. The molecule has 6 heteroatoms. The first-order chi connectivity index (χ1) is 16.0. The normalized spacial score (nSPS) is 20.1. The summed E-state index contributed by atoms with van der Waals surface area (Å²) in [6.07, 6.45) is 19.0. The molecule has 5 nitrogen and oxygen atoms in total. The topological polar surface area (TPSA) is 47.9 Å². The van der Waals surface area contributed by atoms with Crippen LogP contribution in [0.3, 0.4) is 0 Å². The number of aliphatic imine (C=N–C) groups is 1. The minimum atomic E-state index is -0.0984. The molecule has 0 aliphatic carbocycles. The molecular weight excluding hydrogens is 432 g/mol. The highest BCUT2D eigenvalue weighted by atomic mass is 35.5. The Morgan fingerprint density at radius 1 is 1.30 bits per heavy atom. The SMILES string of the molecule is C=C1C=CC(C(=O)N2CCC3(CC2)CN(C=CCC)c2ccc(Cl)cc2N3)=CCC=CC=N1. The first kappa shape index (κ1) is 23.1. The molecule has 0 saturated carbocycles. The Labute approximate surface area is 201 Å². The number of nitrogens with zero attached hydrogens (tertiary/aromatic N) is 3. The van der Waals surface area contributed by atoms with Gasteiger partial charge in [0.15, 0.2) is 0 Å². The zero-order chi connectivity index (χ0) is 23.3. The maximum absolute atomic E-state index is 13.3. The number of anilines is 2. The summed E-state index contributed by atoms with van der Waals surface area (Å²) in [7, 11) is 0. The van der Waals surface area contributed by atoms with Crippen LogP contribution in [0, 0.1) is 0 Å². The Kier molecular flexibility index (Phi) is 7.19. The van der Waals surface area contributed by atoms with E-state index in [1.807, 2.05) is 41.3 Å². The fourth-order valence-corrected chi connectivity index (χ4v) is 4.67. The second kappa shape index (κ2) is 10.3. The molecule has 1 amide bonds. The Morgan fingerprint density at radius 2 is 2.12 bits per heavy atom. The summed E-state index contributed by atoms with van der Waals surface area (Å²) < 4.78 is 0. The van der Waals surface area contributed by atoms with Crippen molar-refractivity contribution >= 4 is 35.1 Å². The number of nitrogens with one attached hydrogen (secondary N) is 1.